The lowest BCUT2D eigenvalue weighted by molar-refractivity contribution is -0.387. The molecule has 1 atom stereocenters. The topological polar surface area (TPSA) is 101 Å². The molecule has 0 radical (unpaired) electrons. The molecule has 0 saturated carbocycles. The summed E-state index contributed by atoms with van der Waals surface area (Å²) in [5.41, 5.74) is 1.59. The summed E-state index contributed by atoms with van der Waals surface area (Å²) in [5.74, 6) is -1.12. The first-order valence-corrected chi connectivity index (χ1v) is 11.4. The highest BCUT2D eigenvalue weighted by Crippen LogP contribution is 2.39. The van der Waals surface area contributed by atoms with Gasteiger partial charge >= 0.3 is 5.97 Å². The second kappa shape index (κ2) is 10.5. The monoisotopic (exact) mass is 454 g/mol. The Morgan fingerprint density at radius 1 is 1.19 bits per heavy atom. The van der Waals surface area contributed by atoms with Gasteiger partial charge in [0.1, 0.15) is 6.04 Å². The number of hydrogen-bond donors (Lipinski definition) is 1. The van der Waals surface area contributed by atoms with Crippen LogP contribution in [0, 0.1) is 10.1 Å². The molecule has 3 rings (SSSR count). The molecule has 8 heteroatoms. The fourth-order valence-corrected chi connectivity index (χ4v) is 4.93. The van der Waals surface area contributed by atoms with Crippen molar-refractivity contribution in [3.63, 3.8) is 0 Å². The number of nitro groups is 1. The molecule has 1 aliphatic heterocycles. The summed E-state index contributed by atoms with van der Waals surface area (Å²) in [4.78, 5) is 38.1. The Bertz CT molecular complexity index is 1050. The third-order valence-electron chi connectivity index (χ3n) is 5.43. The Morgan fingerprint density at radius 3 is 2.62 bits per heavy atom. The lowest BCUT2D eigenvalue weighted by atomic mass is 10.0. The van der Waals surface area contributed by atoms with E-state index in [4.69, 9.17) is 0 Å². The first-order chi connectivity index (χ1) is 15.3. The van der Waals surface area contributed by atoms with Crippen LogP contribution in [0.5, 0.6) is 0 Å². The summed E-state index contributed by atoms with van der Waals surface area (Å²) in [6, 6.07) is 11.9. The number of carbonyl (C=O) groups is 2. The summed E-state index contributed by atoms with van der Waals surface area (Å²) in [6.45, 7) is 4.55. The number of nitrogens with zero attached hydrogens (tertiary/aromatic N) is 2. The minimum absolute atomic E-state index is 0.0375. The summed E-state index contributed by atoms with van der Waals surface area (Å²) in [7, 11) is 0. The predicted molar refractivity (Wildman–Crippen MR) is 124 cm³/mol. The van der Waals surface area contributed by atoms with Crippen LogP contribution in [0.25, 0.3) is 6.08 Å². The van der Waals surface area contributed by atoms with Crippen LogP contribution in [0.3, 0.4) is 0 Å². The van der Waals surface area contributed by atoms with E-state index >= 15 is 0 Å². The molecule has 1 fully saturated rings. The number of aliphatic carboxylic acids is 1. The van der Waals surface area contributed by atoms with Gasteiger partial charge in [-0.1, -0.05) is 49.9 Å². The molecule has 2 aromatic rings. The first kappa shape index (κ1) is 23.5. The van der Waals surface area contributed by atoms with Crippen molar-refractivity contribution in [1.29, 1.82) is 0 Å². The molecule has 1 aliphatic rings. The van der Waals surface area contributed by atoms with E-state index in [0.717, 1.165) is 23.3 Å². The molecule has 168 valence electrons. The number of rotatable bonds is 7. The van der Waals surface area contributed by atoms with Crippen molar-refractivity contribution in [3.8, 4) is 0 Å². The third-order valence-corrected chi connectivity index (χ3v) is 6.59. The predicted octanol–water partition coefficient (Wildman–Crippen LogP) is 5.35. The molecular weight excluding hydrogens is 428 g/mol. The second-order valence-electron chi connectivity index (χ2n) is 7.99. The van der Waals surface area contributed by atoms with E-state index in [1.807, 2.05) is 24.3 Å². The molecule has 1 heterocycles. The minimum Gasteiger partial charge on any atom is -0.480 e. The van der Waals surface area contributed by atoms with Crippen molar-refractivity contribution in [1.82, 2.24) is 4.90 Å². The van der Waals surface area contributed by atoms with Gasteiger partial charge in [0.15, 0.2) is 0 Å². The highest BCUT2D eigenvalue weighted by atomic mass is 32.2. The van der Waals surface area contributed by atoms with Crippen molar-refractivity contribution < 1.29 is 19.6 Å². The van der Waals surface area contributed by atoms with Crippen LogP contribution in [0.2, 0.25) is 0 Å². The van der Waals surface area contributed by atoms with E-state index in [-0.39, 0.29) is 11.6 Å². The number of nitro benzene ring substituents is 1. The van der Waals surface area contributed by atoms with Gasteiger partial charge in [-0.3, -0.25) is 14.9 Å². The number of carbonyl (C=O) groups excluding carboxylic acids is 1. The third kappa shape index (κ3) is 5.56. The molecule has 1 saturated heterocycles. The smallest absolute Gasteiger partial charge is 0.326 e. The van der Waals surface area contributed by atoms with Crippen LogP contribution >= 0.6 is 11.8 Å². The van der Waals surface area contributed by atoms with E-state index in [0.29, 0.717) is 23.4 Å². The maximum Gasteiger partial charge on any atom is 0.326 e. The molecule has 0 aliphatic carbocycles. The molecule has 1 N–H and O–H groups in total. The van der Waals surface area contributed by atoms with Crippen molar-refractivity contribution in [2.24, 2.45) is 0 Å². The molecule has 1 amide bonds. The Labute approximate surface area is 191 Å². The average Bonchev–Trinajstić information content (AvgIpc) is 2.78. The minimum atomic E-state index is -1.01. The van der Waals surface area contributed by atoms with E-state index in [9.17, 15) is 24.8 Å². The van der Waals surface area contributed by atoms with Crippen LogP contribution in [0.4, 0.5) is 5.69 Å². The second-order valence-corrected chi connectivity index (χ2v) is 9.08. The molecule has 32 heavy (non-hydrogen) atoms. The number of carboxylic acid groups (broad SMARTS) is 1. The van der Waals surface area contributed by atoms with Crippen LogP contribution in [-0.2, 0) is 9.59 Å². The van der Waals surface area contributed by atoms with Crippen LogP contribution in [0.1, 0.15) is 50.2 Å². The zero-order chi connectivity index (χ0) is 23.3. The molecule has 0 bridgehead atoms. The average molecular weight is 455 g/mol. The SMILES string of the molecule is CC(C)c1ccccc1Sc1ccc(/C=C/C(=O)N2CCCCC2C(=O)O)cc1[N+](=O)[O-]. The summed E-state index contributed by atoms with van der Waals surface area (Å²) < 4.78 is 0. The molecule has 0 aromatic heterocycles. The van der Waals surface area contributed by atoms with Crippen LogP contribution in [-0.4, -0.2) is 39.4 Å². The quantitative estimate of drug-likeness (QED) is 0.344. The molecule has 0 spiro atoms. The molecule has 2 aromatic carbocycles. The van der Waals surface area contributed by atoms with Gasteiger partial charge in [0, 0.05) is 23.6 Å². The van der Waals surface area contributed by atoms with Crippen molar-refractivity contribution >= 4 is 35.4 Å². The fraction of sp³-hybridized carbons (Fsp3) is 0.333. The van der Waals surface area contributed by atoms with Crippen molar-refractivity contribution in [2.75, 3.05) is 6.54 Å². The van der Waals surface area contributed by atoms with Gasteiger partial charge in [-0.2, -0.15) is 0 Å². The van der Waals surface area contributed by atoms with E-state index in [1.165, 1.54) is 34.9 Å². The Hall–Kier alpha value is -3.13. The highest BCUT2D eigenvalue weighted by Gasteiger charge is 2.30. The number of piperidine rings is 1. The van der Waals surface area contributed by atoms with E-state index in [1.54, 1.807) is 12.1 Å². The van der Waals surface area contributed by atoms with Gasteiger partial charge in [0.25, 0.3) is 5.69 Å². The van der Waals surface area contributed by atoms with E-state index < -0.39 is 22.8 Å². The van der Waals surface area contributed by atoms with E-state index in [2.05, 4.69) is 13.8 Å². The Balaban J connectivity index is 1.82. The Morgan fingerprint density at radius 2 is 1.94 bits per heavy atom. The number of amides is 1. The van der Waals surface area contributed by atoms with Gasteiger partial charge < -0.3 is 10.0 Å². The molecular formula is C24H26N2O5S. The van der Waals surface area contributed by atoms with Gasteiger partial charge in [0.2, 0.25) is 5.91 Å². The van der Waals surface area contributed by atoms with Gasteiger partial charge in [-0.05, 0) is 54.5 Å². The standard InChI is InChI=1S/C24H26N2O5S/c1-16(2)18-7-3-4-9-21(18)32-22-12-10-17(15-20(22)26(30)31)11-13-23(27)25-14-6-5-8-19(25)24(28)29/h3-4,7,9-13,15-16,19H,5-6,8,14H2,1-2H3,(H,28,29)/b13-11+. The normalized spacial score (nSPS) is 16.5. The number of likely N-dealkylation sites (tertiary alicyclic amines) is 1. The largest absolute Gasteiger partial charge is 0.480 e. The molecule has 1 unspecified atom stereocenters. The Kier molecular flexibility index (Phi) is 7.69. The van der Waals surface area contributed by atoms with Crippen LogP contribution in [0.15, 0.2) is 58.3 Å². The lowest BCUT2D eigenvalue weighted by Crippen LogP contribution is -2.47. The van der Waals surface area contributed by atoms with Gasteiger partial charge in [-0.25, -0.2) is 4.79 Å². The summed E-state index contributed by atoms with van der Waals surface area (Å²) in [6.07, 6.45) is 4.76. The molecule has 7 nitrogen and oxygen atoms in total. The zero-order valence-electron chi connectivity index (χ0n) is 18.1. The maximum atomic E-state index is 12.6. The first-order valence-electron chi connectivity index (χ1n) is 10.5. The number of benzene rings is 2. The maximum absolute atomic E-state index is 12.6. The van der Waals surface area contributed by atoms with Gasteiger partial charge in [0.05, 0.1) is 9.82 Å². The van der Waals surface area contributed by atoms with Crippen LogP contribution < -0.4 is 0 Å². The number of hydrogen-bond acceptors (Lipinski definition) is 5. The van der Waals surface area contributed by atoms with Gasteiger partial charge in [-0.15, -0.1) is 0 Å². The number of carboxylic acids is 1. The van der Waals surface area contributed by atoms with Crippen molar-refractivity contribution in [3.05, 3.63) is 69.8 Å². The summed E-state index contributed by atoms with van der Waals surface area (Å²) in [5, 5.41) is 21.1. The fourth-order valence-electron chi connectivity index (χ4n) is 3.75. The van der Waals surface area contributed by atoms with Crippen molar-refractivity contribution in [2.45, 2.75) is 54.9 Å². The highest BCUT2D eigenvalue weighted by molar-refractivity contribution is 7.99. The summed E-state index contributed by atoms with van der Waals surface area (Å²) >= 11 is 1.35. The lowest BCUT2D eigenvalue weighted by Gasteiger charge is -2.32. The zero-order valence-corrected chi connectivity index (χ0v) is 18.9.